The number of rotatable bonds is 2. The average Bonchev–Trinajstić information content (AvgIpc) is 2.48. The number of benzene rings is 3. The summed E-state index contributed by atoms with van der Waals surface area (Å²) in [5.41, 5.74) is 4.00. The summed E-state index contributed by atoms with van der Waals surface area (Å²) in [5, 5.41) is 0. The first-order valence-electron chi connectivity index (χ1n) is 6.76. The van der Waals surface area contributed by atoms with Gasteiger partial charge < -0.3 is 0 Å². The topological polar surface area (TPSA) is 0 Å². The Hall–Kier alpha value is -2.48. The second-order valence-corrected chi connectivity index (χ2v) is 5.04. The molecule has 0 N–H and O–H groups in total. The van der Waals surface area contributed by atoms with Crippen molar-refractivity contribution < 1.29 is 8.78 Å². The number of hydrogen-bond acceptors (Lipinski definition) is 0. The third-order valence-electron chi connectivity index (χ3n) is 3.50. The number of aryl methyl sites for hydroxylation is 1. The second-order valence-electron chi connectivity index (χ2n) is 5.04. The van der Waals surface area contributed by atoms with Gasteiger partial charge in [-0.3, -0.25) is 0 Å². The Morgan fingerprint density at radius 1 is 0.667 bits per heavy atom. The molecule has 104 valence electrons. The first-order chi connectivity index (χ1) is 10.1. The van der Waals surface area contributed by atoms with E-state index in [2.05, 4.69) is 0 Å². The molecule has 0 aromatic heterocycles. The maximum absolute atomic E-state index is 14.2. The predicted molar refractivity (Wildman–Crippen MR) is 82.0 cm³/mol. The predicted octanol–water partition coefficient (Wildman–Crippen LogP) is 5.61. The van der Waals surface area contributed by atoms with E-state index in [1.54, 1.807) is 18.2 Å². The quantitative estimate of drug-likeness (QED) is 0.572. The van der Waals surface area contributed by atoms with Crippen molar-refractivity contribution in [3.8, 4) is 22.3 Å². The fourth-order valence-electron chi connectivity index (χ4n) is 2.44. The van der Waals surface area contributed by atoms with E-state index in [0.29, 0.717) is 5.56 Å². The van der Waals surface area contributed by atoms with E-state index < -0.39 is 0 Å². The standard InChI is InChI=1S/C19H14F2/c1-13-6-11-18(19(21)12-13)17-5-3-2-4-16(17)14-7-9-15(20)10-8-14/h2-12H,1H3. The highest BCUT2D eigenvalue weighted by Gasteiger charge is 2.11. The van der Waals surface area contributed by atoms with Gasteiger partial charge in [-0.25, -0.2) is 8.78 Å². The molecule has 3 rings (SSSR count). The SMILES string of the molecule is Cc1ccc(-c2ccccc2-c2ccc(F)cc2)c(F)c1. The largest absolute Gasteiger partial charge is 0.207 e. The summed E-state index contributed by atoms with van der Waals surface area (Å²) in [5.74, 6) is -0.526. The fourth-order valence-corrected chi connectivity index (χ4v) is 2.44. The van der Waals surface area contributed by atoms with Crippen molar-refractivity contribution >= 4 is 0 Å². The molecule has 0 fully saturated rings. The minimum absolute atomic E-state index is 0.246. The van der Waals surface area contributed by atoms with Crippen LogP contribution in [-0.2, 0) is 0 Å². The number of hydrogen-bond donors (Lipinski definition) is 0. The molecule has 0 atom stereocenters. The molecule has 0 nitrogen and oxygen atoms in total. The Kier molecular flexibility index (Phi) is 3.53. The lowest BCUT2D eigenvalue weighted by Crippen LogP contribution is -1.89. The molecule has 3 aromatic rings. The van der Waals surface area contributed by atoms with Gasteiger partial charge in [-0.05, 0) is 47.4 Å². The molecule has 0 aliphatic carbocycles. The van der Waals surface area contributed by atoms with Crippen LogP contribution in [0.15, 0.2) is 66.7 Å². The summed E-state index contributed by atoms with van der Waals surface area (Å²) in [6.07, 6.45) is 0. The van der Waals surface area contributed by atoms with Crippen LogP contribution in [0.2, 0.25) is 0 Å². The molecule has 0 radical (unpaired) electrons. The lowest BCUT2D eigenvalue weighted by atomic mass is 9.94. The fraction of sp³-hybridized carbons (Fsp3) is 0.0526. The van der Waals surface area contributed by atoms with Gasteiger partial charge >= 0.3 is 0 Å². The van der Waals surface area contributed by atoms with Gasteiger partial charge in [0.05, 0.1) is 0 Å². The molecule has 0 unspecified atom stereocenters. The molecule has 0 saturated carbocycles. The molecule has 0 aliphatic rings. The zero-order valence-electron chi connectivity index (χ0n) is 11.6. The molecule has 0 aliphatic heterocycles. The normalized spacial score (nSPS) is 10.6. The van der Waals surface area contributed by atoms with Crippen LogP contribution in [0.3, 0.4) is 0 Å². The minimum Gasteiger partial charge on any atom is -0.207 e. The van der Waals surface area contributed by atoms with Crippen molar-refractivity contribution in [3.63, 3.8) is 0 Å². The van der Waals surface area contributed by atoms with Gasteiger partial charge in [0.25, 0.3) is 0 Å². The second kappa shape index (κ2) is 5.49. The van der Waals surface area contributed by atoms with Crippen molar-refractivity contribution in [2.45, 2.75) is 6.92 Å². The van der Waals surface area contributed by atoms with E-state index in [1.165, 1.54) is 18.2 Å². The maximum Gasteiger partial charge on any atom is 0.131 e. The molecule has 2 heteroatoms. The summed E-state index contributed by atoms with van der Waals surface area (Å²) >= 11 is 0. The van der Waals surface area contributed by atoms with Crippen molar-refractivity contribution in [2.75, 3.05) is 0 Å². The summed E-state index contributed by atoms with van der Waals surface area (Å²) in [6, 6.07) is 19.0. The Labute approximate surface area is 122 Å². The molecule has 0 heterocycles. The summed E-state index contributed by atoms with van der Waals surface area (Å²) in [7, 11) is 0. The molecule has 0 bridgehead atoms. The lowest BCUT2D eigenvalue weighted by Gasteiger charge is -2.11. The van der Waals surface area contributed by atoms with Gasteiger partial charge in [0.15, 0.2) is 0 Å². The molecular formula is C19H14F2. The molecule has 0 saturated heterocycles. The third kappa shape index (κ3) is 2.70. The van der Waals surface area contributed by atoms with Gasteiger partial charge in [0.2, 0.25) is 0 Å². The Balaban J connectivity index is 2.18. The minimum atomic E-state index is -0.280. The lowest BCUT2D eigenvalue weighted by molar-refractivity contribution is 0.628. The Morgan fingerprint density at radius 3 is 2.00 bits per heavy atom. The van der Waals surface area contributed by atoms with Crippen LogP contribution < -0.4 is 0 Å². The zero-order valence-corrected chi connectivity index (χ0v) is 11.6. The van der Waals surface area contributed by atoms with Crippen LogP contribution in [-0.4, -0.2) is 0 Å². The van der Waals surface area contributed by atoms with Crippen LogP contribution in [0, 0.1) is 18.6 Å². The van der Waals surface area contributed by atoms with Gasteiger partial charge in [-0.2, -0.15) is 0 Å². The van der Waals surface area contributed by atoms with E-state index in [-0.39, 0.29) is 11.6 Å². The monoisotopic (exact) mass is 280 g/mol. The van der Waals surface area contributed by atoms with Crippen molar-refractivity contribution in [3.05, 3.63) is 83.9 Å². The van der Waals surface area contributed by atoms with E-state index in [4.69, 9.17) is 0 Å². The van der Waals surface area contributed by atoms with E-state index in [0.717, 1.165) is 22.3 Å². The first kappa shape index (κ1) is 13.5. The van der Waals surface area contributed by atoms with Crippen LogP contribution in [0.25, 0.3) is 22.3 Å². The van der Waals surface area contributed by atoms with Crippen LogP contribution in [0.1, 0.15) is 5.56 Å². The van der Waals surface area contributed by atoms with Crippen LogP contribution >= 0.6 is 0 Å². The van der Waals surface area contributed by atoms with Gasteiger partial charge in [-0.15, -0.1) is 0 Å². The van der Waals surface area contributed by atoms with Crippen molar-refractivity contribution in [1.82, 2.24) is 0 Å². The highest BCUT2D eigenvalue weighted by molar-refractivity contribution is 5.83. The smallest absolute Gasteiger partial charge is 0.131 e. The highest BCUT2D eigenvalue weighted by Crippen LogP contribution is 2.33. The zero-order chi connectivity index (χ0) is 14.8. The summed E-state index contributed by atoms with van der Waals surface area (Å²) in [6.45, 7) is 1.86. The third-order valence-corrected chi connectivity index (χ3v) is 3.50. The Morgan fingerprint density at radius 2 is 1.33 bits per heavy atom. The van der Waals surface area contributed by atoms with Gasteiger partial charge in [0, 0.05) is 5.56 Å². The highest BCUT2D eigenvalue weighted by atomic mass is 19.1. The molecule has 21 heavy (non-hydrogen) atoms. The van der Waals surface area contributed by atoms with E-state index in [1.807, 2.05) is 37.3 Å². The molecule has 3 aromatic carbocycles. The summed E-state index contributed by atoms with van der Waals surface area (Å²) in [4.78, 5) is 0. The van der Waals surface area contributed by atoms with E-state index >= 15 is 0 Å². The molecule has 0 amide bonds. The molecular weight excluding hydrogens is 266 g/mol. The Bertz CT molecular complexity index is 774. The van der Waals surface area contributed by atoms with Crippen LogP contribution in [0.4, 0.5) is 8.78 Å². The number of halogens is 2. The van der Waals surface area contributed by atoms with Gasteiger partial charge in [-0.1, -0.05) is 48.5 Å². The maximum atomic E-state index is 14.2. The van der Waals surface area contributed by atoms with E-state index in [9.17, 15) is 8.78 Å². The van der Waals surface area contributed by atoms with Crippen LogP contribution in [0.5, 0.6) is 0 Å². The van der Waals surface area contributed by atoms with Crippen molar-refractivity contribution in [1.29, 1.82) is 0 Å². The van der Waals surface area contributed by atoms with Crippen molar-refractivity contribution in [2.24, 2.45) is 0 Å². The summed E-state index contributed by atoms with van der Waals surface area (Å²) < 4.78 is 27.3. The first-order valence-corrected chi connectivity index (χ1v) is 6.76. The van der Waals surface area contributed by atoms with Gasteiger partial charge in [0.1, 0.15) is 11.6 Å². The molecule has 0 spiro atoms. The average molecular weight is 280 g/mol.